The van der Waals surface area contributed by atoms with Crippen molar-refractivity contribution in [2.75, 3.05) is 11.5 Å². The molecular formula is C8H13NO3S2. The Bertz CT molecular complexity index is 221. The summed E-state index contributed by atoms with van der Waals surface area (Å²) < 4.78 is 4.78. The van der Waals surface area contributed by atoms with Crippen LogP contribution in [-0.4, -0.2) is 29.4 Å². The van der Waals surface area contributed by atoms with Crippen molar-refractivity contribution < 1.29 is 13.8 Å². The van der Waals surface area contributed by atoms with E-state index in [2.05, 4.69) is 24.5 Å². The van der Waals surface area contributed by atoms with Crippen LogP contribution < -0.4 is 5.32 Å². The van der Waals surface area contributed by atoms with Gasteiger partial charge in [0.2, 0.25) is 5.91 Å². The van der Waals surface area contributed by atoms with Crippen molar-refractivity contribution in [1.82, 2.24) is 5.32 Å². The molecule has 0 aliphatic rings. The van der Waals surface area contributed by atoms with E-state index in [1.807, 2.05) is 0 Å². The van der Waals surface area contributed by atoms with Crippen molar-refractivity contribution in [3.63, 3.8) is 0 Å². The molecule has 0 aliphatic carbocycles. The maximum absolute atomic E-state index is 11.2. The minimum atomic E-state index is -0.687. The van der Waals surface area contributed by atoms with Gasteiger partial charge in [0.1, 0.15) is 6.04 Å². The quantitative estimate of drug-likeness (QED) is 0.309. The molecule has 0 bridgehead atoms. The van der Waals surface area contributed by atoms with Gasteiger partial charge in [0, 0.05) is 18.4 Å². The molecule has 0 radical (unpaired) electrons. The van der Waals surface area contributed by atoms with Crippen LogP contribution in [0.25, 0.3) is 0 Å². The Hall–Kier alpha value is -0.620. The van der Waals surface area contributed by atoms with Crippen LogP contribution in [0.5, 0.6) is 0 Å². The monoisotopic (exact) mass is 235 g/mol. The molecule has 14 heavy (non-hydrogen) atoms. The third-order valence-electron chi connectivity index (χ3n) is 1.17. The van der Waals surface area contributed by atoms with Crippen molar-refractivity contribution in [2.24, 2.45) is 0 Å². The fraction of sp³-hybridized carbons (Fsp3) is 0.500. The topological polar surface area (TPSA) is 55.4 Å². The molecule has 1 amide bonds. The Morgan fingerprint density at radius 3 is 2.79 bits per heavy atom. The minimum Gasteiger partial charge on any atom is -0.389 e. The zero-order valence-electron chi connectivity index (χ0n) is 7.86. The number of carbonyl (C=O) groups is 2. The lowest BCUT2D eigenvalue weighted by molar-refractivity contribution is -0.137. The molecule has 0 unspecified atom stereocenters. The molecule has 0 rings (SSSR count). The highest BCUT2D eigenvalue weighted by Gasteiger charge is 2.19. The summed E-state index contributed by atoms with van der Waals surface area (Å²) in [6.45, 7) is 4.81. The van der Waals surface area contributed by atoms with Crippen LogP contribution in [0.1, 0.15) is 6.92 Å². The molecule has 0 aromatic heterocycles. The highest BCUT2D eigenvalue weighted by atomic mass is 32.2. The summed E-state index contributed by atoms with van der Waals surface area (Å²) in [6, 6.07) is -0.687. The van der Waals surface area contributed by atoms with Crippen LogP contribution in [-0.2, 0) is 13.8 Å². The first kappa shape index (κ1) is 13.4. The van der Waals surface area contributed by atoms with Gasteiger partial charge in [0.25, 0.3) is 0 Å². The van der Waals surface area contributed by atoms with Crippen LogP contribution in [0.3, 0.4) is 0 Å². The van der Waals surface area contributed by atoms with Crippen LogP contribution in [0.2, 0.25) is 0 Å². The van der Waals surface area contributed by atoms with Gasteiger partial charge in [-0.05, 0) is 0 Å². The molecular weight excluding hydrogens is 222 g/mol. The number of rotatable bonds is 6. The smallest absolute Gasteiger partial charge is 0.341 e. The standard InChI is InChI=1S/C8H13NO3S2/c1-3-4-14-12-8(11)7(5-13)9-6(2)10/h3,7,13H,1,4-5H2,2H3,(H,9,10)/t7-/m0/s1. The van der Waals surface area contributed by atoms with Gasteiger partial charge in [-0.15, -0.1) is 6.58 Å². The largest absolute Gasteiger partial charge is 0.389 e. The molecule has 4 nitrogen and oxygen atoms in total. The predicted molar refractivity (Wildman–Crippen MR) is 60.2 cm³/mol. The normalized spacial score (nSPS) is 11.6. The number of thiol groups is 1. The first-order valence-electron chi connectivity index (χ1n) is 3.94. The molecule has 0 spiro atoms. The lowest BCUT2D eigenvalue weighted by Gasteiger charge is -2.12. The SMILES string of the molecule is C=CCSOC(=O)[C@H](CS)NC(C)=O. The Morgan fingerprint density at radius 1 is 1.71 bits per heavy atom. The van der Waals surface area contributed by atoms with Gasteiger partial charge in [-0.1, -0.05) is 6.08 Å². The highest BCUT2D eigenvalue weighted by Crippen LogP contribution is 2.05. The van der Waals surface area contributed by atoms with Crippen LogP contribution >= 0.6 is 24.7 Å². The fourth-order valence-electron chi connectivity index (χ4n) is 0.623. The Balaban J connectivity index is 3.91. The van der Waals surface area contributed by atoms with Gasteiger partial charge in [0.15, 0.2) is 0 Å². The highest BCUT2D eigenvalue weighted by molar-refractivity contribution is 7.95. The van der Waals surface area contributed by atoms with Crippen molar-refractivity contribution in [2.45, 2.75) is 13.0 Å². The second kappa shape index (κ2) is 7.75. The Labute approximate surface area is 93.1 Å². The number of amides is 1. The van der Waals surface area contributed by atoms with E-state index >= 15 is 0 Å². The number of carbonyl (C=O) groups excluding carboxylic acids is 2. The molecule has 1 N–H and O–H groups in total. The summed E-state index contributed by atoms with van der Waals surface area (Å²) in [5.41, 5.74) is 0. The third kappa shape index (κ3) is 5.93. The van der Waals surface area contributed by atoms with E-state index in [4.69, 9.17) is 4.18 Å². The van der Waals surface area contributed by atoms with E-state index in [1.54, 1.807) is 6.08 Å². The molecule has 0 aliphatic heterocycles. The predicted octanol–water partition coefficient (Wildman–Crippen LogP) is 0.798. The Morgan fingerprint density at radius 2 is 2.36 bits per heavy atom. The molecule has 0 heterocycles. The molecule has 1 atom stereocenters. The van der Waals surface area contributed by atoms with Crippen molar-refractivity contribution in [3.05, 3.63) is 12.7 Å². The van der Waals surface area contributed by atoms with E-state index in [9.17, 15) is 9.59 Å². The number of hydrogen-bond donors (Lipinski definition) is 2. The summed E-state index contributed by atoms with van der Waals surface area (Å²) >= 11 is 4.91. The lowest BCUT2D eigenvalue weighted by Crippen LogP contribution is -2.41. The van der Waals surface area contributed by atoms with E-state index < -0.39 is 12.0 Å². The van der Waals surface area contributed by atoms with E-state index in [1.165, 1.54) is 6.92 Å². The van der Waals surface area contributed by atoms with Gasteiger partial charge < -0.3 is 9.50 Å². The van der Waals surface area contributed by atoms with Crippen LogP contribution in [0.15, 0.2) is 12.7 Å². The van der Waals surface area contributed by atoms with Crippen molar-refractivity contribution in [3.8, 4) is 0 Å². The maximum Gasteiger partial charge on any atom is 0.341 e. The van der Waals surface area contributed by atoms with Gasteiger partial charge in [-0.25, -0.2) is 4.79 Å². The van der Waals surface area contributed by atoms with Gasteiger partial charge in [0.05, 0.1) is 12.0 Å². The minimum absolute atomic E-state index is 0.215. The Kier molecular flexibility index (Phi) is 7.41. The van der Waals surface area contributed by atoms with Gasteiger partial charge in [-0.3, -0.25) is 4.79 Å². The first-order chi connectivity index (χ1) is 6.61. The summed E-state index contributed by atoms with van der Waals surface area (Å²) in [5, 5.41) is 2.43. The zero-order chi connectivity index (χ0) is 11.0. The molecule has 0 fully saturated rings. The molecule has 0 saturated heterocycles. The average molecular weight is 235 g/mol. The van der Waals surface area contributed by atoms with E-state index in [0.717, 1.165) is 12.0 Å². The van der Waals surface area contributed by atoms with Crippen molar-refractivity contribution >= 4 is 36.5 Å². The van der Waals surface area contributed by atoms with Crippen LogP contribution in [0, 0.1) is 0 Å². The molecule has 6 heteroatoms. The van der Waals surface area contributed by atoms with Gasteiger partial charge in [-0.2, -0.15) is 12.6 Å². The van der Waals surface area contributed by atoms with E-state index in [-0.39, 0.29) is 11.7 Å². The third-order valence-corrected chi connectivity index (χ3v) is 2.19. The average Bonchev–Trinajstić information content (AvgIpc) is 2.14. The number of nitrogens with one attached hydrogen (secondary N) is 1. The van der Waals surface area contributed by atoms with Crippen molar-refractivity contribution in [1.29, 1.82) is 0 Å². The lowest BCUT2D eigenvalue weighted by atomic mass is 10.3. The second-order valence-corrected chi connectivity index (χ2v) is 3.51. The maximum atomic E-state index is 11.2. The number of hydrogen-bond acceptors (Lipinski definition) is 5. The zero-order valence-corrected chi connectivity index (χ0v) is 9.57. The summed E-state index contributed by atoms with van der Waals surface area (Å²) in [7, 11) is 0. The van der Waals surface area contributed by atoms with Crippen LogP contribution in [0.4, 0.5) is 0 Å². The molecule has 0 saturated carbocycles. The summed E-state index contributed by atoms with van der Waals surface area (Å²) in [6.07, 6.45) is 1.62. The van der Waals surface area contributed by atoms with E-state index in [0.29, 0.717) is 5.75 Å². The van der Waals surface area contributed by atoms with Gasteiger partial charge >= 0.3 is 5.97 Å². The fourth-order valence-corrected chi connectivity index (χ4v) is 1.26. The molecule has 0 aromatic carbocycles. The summed E-state index contributed by atoms with van der Waals surface area (Å²) in [4.78, 5) is 21.9. The second-order valence-electron chi connectivity index (χ2n) is 2.41. The summed E-state index contributed by atoms with van der Waals surface area (Å²) in [5.74, 6) is -0.0465. The molecule has 80 valence electrons. The molecule has 0 aromatic rings. The first-order valence-corrected chi connectivity index (χ1v) is 5.48.